The first kappa shape index (κ1) is 79.5. The smallest absolute Gasteiger partial charge is 0.0280 e. The van der Waals surface area contributed by atoms with E-state index in [4.69, 9.17) is 6.42 Å². The normalized spacial score (nSPS) is 9.92. The summed E-state index contributed by atoms with van der Waals surface area (Å²) in [4.78, 5) is 7.75. The van der Waals surface area contributed by atoms with Gasteiger partial charge in [0.1, 0.15) is 0 Å². The van der Waals surface area contributed by atoms with Crippen LogP contribution in [0.2, 0.25) is 0 Å². The molecule has 16 rings (SSSR count). The molecule has 2 aromatic heterocycles. The maximum Gasteiger partial charge on any atom is 0.0280 e. The summed E-state index contributed by atoms with van der Waals surface area (Å²) in [5.41, 5.74) is 2.96. The fourth-order valence-electron chi connectivity index (χ4n) is 10.7. The predicted octanol–water partition coefficient (Wildman–Crippen LogP) is 19.8. The zero-order valence-electron chi connectivity index (χ0n) is 58.5. The molecule has 0 unspecified atom stereocenters. The summed E-state index contributed by atoms with van der Waals surface area (Å²) in [5.74, 6) is 8.68. The van der Waals surface area contributed by atoms with E-state index in [9.17, 15) is 0 Å². The maximum atomic E-state index is 5.10. The average Bonchev–Trinajstić information content (AvgIpc) is 0.841. The fourth-order valence-corrected chi connectivity index (χ4v) is 20.1. The van der Waals surface area contributed by atoms with Crippen molar-refractivity contribution in [1.29, 1.82) is 0 Å². The summed E-state index contributed by atoms with van der Waals surface area (Å²) in [5, 5.41) is 16.8. The van der Waals surface area contributed by atoms with Gasteiger partial charge in [-0.3, -0.25) is 9.97 Å². The first-order valence-electron chi connectivity index (χ1n) is 34.4. The molecule has 0 saturated carbocycles. The van der Waals surface area contributed by atoms with Gasteiger partial charge in [0, 0.05) is 66.4 Å². The van der Waals surface area contributed by atoms with E-state index in [1.165, 1.54) is 63.7 Å². The fraction of sp³-hybridized carbons (Fsp3) is 0. The molecule has 16 aromatic rings. The number of hydrogen-bond acceptors (Lipinski definition) is 2. The summed E-state index contributed by atoms with van der Waals surface area (Å²) < 4.78 is 1.07. The number of nitrogens with zero attached hydrogens (tertiary/aromatic N) is 2. The second-order valence-electron chi connectivity index (χ2n) is 22.9. The Kier molecular flexibility index (Phi) is 35.2. The van der Waals surface area contributed by atoms with Crippen molar-refractivity contribution < 1.29 is 20.4 Å². The van der Waals surface area contributed by atoms with Crippen LogP contribution >= 0.6 is 47.6 Å². The Bertz CT molecular complexity index is 4140. The van der Waals surface area contributed by atoms with Gasteiger partial charge in [-0.2, -0.15) is 0 Å². The van der Waals surface area contributed by atoms with Crippen molar-refractivity contribution in [1.82, 2.24) is 9.97 Å². The van der Waals surface area contributed by atoms with Gasteiger partial charge in [-0.25, -0.2) is 0 Å². The van der Waals surface area contributed by atoms with Gasteiger partial charge in [0.05, 0.1) is 0 Å². The summed E-state index contributed by atoms with van der Waals surface area (Å²) in [6.07, 6.45) is 12.1. The first-order chi connectivity index (χ1) is 52.1. The van der Waals surface area contributed by atoms with E-state index >= 15 is 0 Å². The van der Waals surface area contributed by atoms with Gasteiger partial charge in [0.25, 0.3) is 0 Å². The van der Waals surface area contributed by atoms with Gasteiger partial charge in [-0.1, -0.05) is 434 Å². The number of aromatic nitrogens is 2. The first-order valence-corrected chi connectivity index (χ1v) is 40.6. The van der Waals surface area contributed by atoms with Gasteiger partial charge in [0.15, 0.2) is 0 Å². The Labute approximate surface area is 655 Å². The molecule has 0 saturated heterocycles. The number of terminal acetylenes is 1. The van der Waals surface area contributed by atoms with E-state index in [1.54, 1.807) is 24.8 Å². The number of hydrogen-bond donors (Lipinski definition) is 0. The number of pyridine rings is 2. The maximum absolute atomic E-state index is 5.10. The van der Waals surface area contributed by atoms with Crippen molar-refractivity contribution in [2.45, 2.75) is 0 Å². The molecule has 0 atom stereocenters. The molecular formula is C98H79BrN2P4Pd. The van der Waals surface area contributed by atoms with E-state index in [0.717, 1.165) is 21.2 Å². The molecule has 0 radical (unpaired) electrons. The van der Waals surface area contributed by atoms with Gasteiger partial charge in [-0.15, -0.1) is 6.42 Å². The minimum Gasteiger partial charge on any atom is -0.265 e. The van der Waals surface area contributed by atoms with E-state index in [-0.39, 0.29) is 20.4 Å². The Morgan fingerprint density at radius 3 is 0.472 bits per heavy atom. The molecule has 0 aliphatic carbocycles. The van der Waals surface area contributed by atoms with Crippen LogP contribution < -0.4 is 63.7 Å². The predicted molar refractivity (Wildman–Crippen MR) is 464 cm³/mol. The molecular weight excluding hydrogens is 1520 g/mol. The Hall–Kier alpha value is -10.6. The quantitative estimate of drug-likeness (QED) is 0.0692. The Balaban J connectivity index is 0.000000146. The van der Waals surface area contributed by atoms with Crippen LogP contribution in [0.15, 0.2) is 478 Å². The third-order valence-corrected chi connectivity index (χ3v) is 25.9. The van der Waals surface area contributed by atoms with Gasteiger partial charge < -0.3 is 0 Å². The third-order valence-electron chi connectivity index (χ3n) is 15.6. The van der Waals surface area contributed by atoms with Crippen LogP contribution in [-0.4, -0.2) is 9.97 Å². The standard InChI is InChI=1S/4C18H15P.C13H9N.C8H6.C5H4BrN.Pd/c4*1-4-10-16(11-5-1)19(17-12-6-2-7-13-17)18-14-8-3-9-15-18;1-2-4-12(5-3-1)6-7-13-8-10-14-11-9-13;1-2-8-6-4-3-5-7-8;6-5-1-3-7-4-2-5;/h4*1-15H;1-5,8-11H;1,3-7H;1-4H;. The van der Waals surface area contributed by atoms with Crippen molar-refractivity contribution in [3.8, 4) is 24.2 Å². The largest absolute Gasteiger partial charge is 0.265 e. The van der Waals surface area contributed by atoms with Crippen molar-refractivity contribution >= 4 is 111 Å². The summed E-state index contributed by atoms with van der Waals surface area (Å²) in [6, 6.07) is 156. The molecule has 0 amide bonds. The van der Waals surface area contributed by atoms with Crippen LogP contribution in [0, 0.1) is 24.2 Å². The molecule has 2 heterocycles. The molecule has 518 valence electrons. The van der Waals surface area contributed by atoms with E-state index in [0.29, 0.717) is 0 Å². The topological polar surface area (TPSA) is 25.8 Å². The Morgan fingerprint density at radius 1 is 0.189 bits per heavy atom. The SMILES string of the molecule is Brc1ccncc1.C#Cc1ccccc1.C(#Cc1ccncc1)c1ccccc1.[Pd].c1ccc(P(c2ccccc2)c2ccccc2)cc1.c1ccc(P(c2ccccc2)c2ccccc2)cc1.c1ccc(P(c2ccccc2)c2ccccc2)cc1.c1ccc(P(c2ccccc2)c2ccccc2)cc1. The molecule has 0 fully saturated rings. The van der Waals surface area contributed by atoms with E-state index in [1.807, 2.05) is 84.9 Å². The van der Waals surface area contributed by atoms with Crippen LogP contribution in [0.1, 0.15) is 16.7 Å². The second-order valence-corrected chi connectivity index (χ2v) is 32.7. The van der Waals surface area contributed by atoms with Crippen LogP contribution in [0.25, 0.3) is 0 Å². The van der Waals surface area contributed by atoms with Crippen molar-refractivity contribution in [3.05, 3.63) is 495 Å². The minimum absolute atomic E-state index is 0. The molecule has 8 heteroatoms. The second kappa shape index (κ2) is 46.9. The molecule has 0 aliphatic heterocycles. The van der Waals surface area contributed by atoms with Crippen LogP contribution in [0.4, 0.5) is 0 Å². The third kappa shape index (κ3) is 26.8. The summed E-state index contributed by atoms with van der Waals surface area (Å²) in [6.45, 7) is 0. The zero-order valence-corrected chi connectivity index (χ0v) is 65.2. The monoisotopic (exact) mass is 1590 g/mol. The van der Waals surface area contributed by atoms with Crippen molar-refractivity contribution in [2.75, 3.05) is 0 Å². The molecule has 0 N–H and O–H groups in total. The van der Waals surface area contributed by atoms with E-state index in [2.05, 4.69) is 408 Å². The number of halogens is 1. The van der Waals surface area contributed by atoms with Gasteiger partial charge in [0.2, 0.25) is 0 Å². The number of rotatable bonds is 12. The molecule has 106 heavy (non-hydrogen) atoms. The van der Waals surface area contributed by atoms with Crippen molar-refractivity contribution in [3.63, 3.8) is 0 Å². The Morgan fingerprint density at radius 2 is 0.330 bits per heavy atom. The van der Waals surface area contributed by atoms with Gasteiger partial charge >= 0.3 is 0 Å². The van der Waals surface area contributed by atoms with Crippen LogP contribution in [0.3, 0.4) is 0 Å². The summed E-state index contributed by atoms with van der Waals surface area (Å²) >= 11 is 3.27. The van der Waals surface area contributed by atoms with Crippen molar-refractivity contribution in [2.24, 2.45) is 0 Å². The van der Waals surface area contributed by atoms with E-state index < -0.39 is 31.7 Å². The number of benzene rings is 14. The molecule has 0 spiro atoms. The van der Waals surface area contributed by atoms with Crippen LogP contribution in [-0.2, 0) is 20.4 Å². The summed E-state index contributed by atoms with van der Waals surface area (Å²) in [7, 11) is -1.78. The molecule has 0 bridgehead atoms. The van der Waals surface area contributed by atoms with Gasteiger partial charge in [-0.05, 0) is 144 Å². The molecule has 0 aliphatic rings. The molecule has 14 aromatic carbocycles. The minimum atomic E-state index is -0.446. The van der Waals surface area contributed by atoms with Crippen LogP contribution in [0.5, 0.6) is 0 Å². The molecule has 2 nitrogen and oxygen atoms in total. The average molecular weight is 1590 g/mol. The zero-order chi connectivity index (χ0) is 72.2.